The summed E-state index contributed by atoms with van der Waals surface area (Å²) in [4.78, 5) is 0. The van der Waals surface area contributed by atoms with Gasteiger partial charge in [0.15, 0.2) is 0 Å². The zero-order valence-corrected chi connectivity index (χ0v) is 8.89. The molecule has 0 fully saturated rings. The van der Waals surface area contributed by atoms with Gasteiger partial charge in [0.1, 0.15) is 0 Å². The SMILES string of the molecule is Cc1c(C)c(N)c2ccccc2c1C. The molecule has 1 heteroatoms. The molecule has 0 atom stereocenters. The van der Waals surface area contributed by atoms with Gasteiger partial charge in [0.2, 0.25) is 0 Å². The number of hydrogen-bond acceptors (Lipinski definition) is 1. The Hall–Kier alpha value is -1.50. The van der Waals surface area contributed by atoms with E-state index in [-0.39, 0.29) is 0 Å². The Bertz CT molecular complexity index is 452. The van der Waals surface area contributed by atoms with E-state index < -0.39 is 0 Å². The van der Waals surface area contributed by atoms with Gasteiger partial charge in [-0.2, -0.15) is 0 Å². The smallest absolute Gasteiger partial charge is 0.0426 e. The van der Waals surface area contributed by atoms with Crippen LogP contribution in [0.5, 0.6) is 0 Å². The third kappa shape index (κ3) is 1.09. The highest BCUT2D eigenvalue weighted by atomic mass is 14.6. The first-order chi connectivity index (χ1) is 6.63. The van der Waals surface area contributed by atoms with Gasteiger partial charge in [0.05, 0.1) is 0 Å². The predicted octanol–water partition coefficient (Wildman–Crippen LogP) is 3.35. The van der Waals surface area contributed by atoms with Gasteiger partial charge in [-0.15, -0.1) is 0 Å². The predicted molar refractivity (Wildman–Crippen MR) is 62.6 cm³/mol. The zero-order valence-electron chi connectivity index (χ0n) is 8.89. The summed E-state index contributed by atoms with van der Waals surface area (Å²) >= 11 is 0. The van der Waals surface area contributed by atoms with E-state index in [1.165, 1.54) is 27.5 Å². The summed E-state index contributed by atoms with van der Waals surface area (Å²) in [6, 6.07) is 8.31. The van der Waals surface area contributed by atoms with Gasteiger partial charge in [-0.25, -0.2) is 0 Å². The van der Waals surface area contributed by atoms with E-state index in [2.05, 4.69) is 39.0 Å². The number of rotatable bonds is 0. The van der Waals surface area contributed by atoms with E-state index in [0.29, 0.717) is 0 Å². The molecule has 2 N–H and O–H groups in total. The lowest BCUT2D eigenvalue weighted by atomic mass is 9.95. The van der Waals surface area contributed by atoms with Crippen molar-refractivity contribution in [3.63, 3.8) is 0 Å². The maximum absolute atomic E-state index is 6.09. The number of fused-ring (bicyclic) bond motifs is 1. The van der Waals surface area contributed by atoms with Crippen molar-refractivity contribution in [3.05, 3.63) is 41.0 Å². The fourth-order valence-electron chi connectivity index (χ4n) is 1.93. The van der Waals surface area contributed by atoms with E-state index in [9.17, 15) is 0 Å². The van der Waals surface area contributed by atoms with Crippen LogP contribution in [0.1, 0.15) is 16.7 Å². The molecule has 0 aliphatic heterocycles. The molecule has 0 aliphatic carbocycles. The Morgan fingerprint density at radius 3 is 2.00 bits per heavy atom. The molecule has 0 amide bonds. The van der Waals surface area contributed by atoms with Gasteiger partial charge in [0.25, 0.3) is 0 Å². The van der Waals surface area contributed by atoms with Crippen LogP contribution in [0, 0.1) is 20.8 Å². The van der Waals surface area contributed by atoms with Crippen molar-refractivity contribution in [1.29, 1.82) is 0 Å². The van der Waals surface area contributed by atoms with Crippen LogP contribution >= 0.6 is 0 Å². The van der Waals surface area contributed by atoms with E-state index >= 15 is 0 Å². The molecule has 0 saturated heterocycles. The summed E-state index contributed by atoms with van der Waals surface area (Å²) in [6.45, 7) is 6.38. The van der Waals surface area contributed by atoms with Gasteiger partial charge < -0.3 is 5.73 Å². The first kappa shape index (κ1) is 9.07. The molecule has 0 bridgehead atoms. The molecule has 14 heavy (non-hydrogen) atoms. The highest BCUT2D eigenvalue weighted by Gasteiger charge is 2.07. The quantitative estimate of drug-likeness (QED) is 0.626. The molecular formula is C13H15N. The van der Waals surface area contributed by atoms with Crippen molar-refractivity contribution in [2.75, 3.05) is 5.73 Å². The second-order valence-electron chi connectivity index (χ2n) is 3.83. The standard InChI is InChI=1S/C13H15N/c1-8-9(2)11-6-4-5-7-12(11)13(14)10(8)3/h4-7H,14H2,1-3H3. The Morgan fingerprint density at radius 1 is 0.786 bits per heavy atom. The molecule has 0 heterocycles. The van der Waals surface area contributed by atoms with Crippen LogP contribution in [0.2, 0.25) is 0 Å². The summed E-state index contributed by atoms with van der Waals surface area (Å²) in [5.41, 5.74) is 10.9. The van der Waals surface area contributed by atoms with E-state index in [0.717, 1.165) is 5.69 Å². The molecule has 0 saturated carbocycles. The number of nitrogen functional groups attached to an aromatic ring is 1. The van der Waals surface area contributed by atoms with E-state index in [1.54, 1.807) is 0 Å². The van der Waals surface area contributed by atoms with Crippen LogP contribution in [0.4, 0.5) is 5.69 Å². The van der Waals surface area contributed by atoms with E-state index in [4.69, 9.17) is 5.73 Å². The number of hydrogen-bond donors (Lipinski definition) is 1. The Balaban J connectivity index is 3.02. The molecule has 2 aromatic rings. The minimum atomic E-state index is 0.920. The van der Waals surface area contributed by atoms with Crippen molar-refractivity contribution >= 4 is 16.5 Å². The number of anilines is 1. The Labute approximate surface area is 84.5 Å². The first-order valence-electron chi connectivity index (χ1n) is 4.87. The molecule has 2 aromatic carbocycles. The average Bonchev–Trinajstić information content (AvgIpc) is 2.23. The van der Waals surface area contributed by atoms with Gasteiger partial charge >= 0.3 is 0 Å². The van der Waals surface area contributed by atoms with Crippen LogP contribution in [0.25, 0.3) is 10.8 Å². The molecule has 1 nitrogen and oxygen atoms in total. The Kier molecular flexibility index (Phi) is 1.95. The summed E-state index contributed by atoms with van der Waals surface area (Å²) in [6.07, 6.45) is 0. The third-order valence-electron chi connectivity index (χ3n) is 3.15. The lowest BCUT2D eigenvalue weighted by Gasteiger charge is -2.13. The molecule has 0 aliphatic rings. The summed E-state index contributed by atoms with van der Waals surface area (Å²) in [5, 5.41) is 2.45. The van der Waals surface area contributed by atoms with Crippen LogP contribution < -0.4 is 5.73 Å². The molecule has 0 unspecified atom stereocenters. The molecule has 2 rings (SSSR count). The average molecular weight is 185 g/mol. The second-order valence-corrected chi connectivity index (χ2v) is 3.83. The lowest BCUT2D eigenvalue weighted by Crippen LogP contribution is -1.97. The molecular weight excluding hydrogens is 170 g/mol. The monoisotopic (exact) mass is 185 g/mol. The van der Waals surface area contributed by atoms with Crippen LogP contribution in [-0.2, 0) is 0 Å². The lowest BCUT2D eigenvalue weighted by molar-refractivity contribution is 1.30. The fourth-order valence-corrected chi connectivity index (χ4v) is 1.93. The van der Waals surface area contributed by atoms with Crippen molar-refractivity contribution in [1.82, 2.24) is 0 Å². The highest BCUT2D eigenvalue weighted by molar-refractivity contribution is 5.97. The van der Waals surface area contributed by atoms with Crippen molar-refractivity contribution in [2.45, 2.75) is 20.8 Å². The highest BCUT2D eigenvalue weighted by Crippen LogP contribution is 2.30. The maximum atomic E-state index is 6.09. The molecule has 72 valence electrons. The number of benzene rings is 2. The van der Waals surface area contributed by atoms with Crippen molar-refractivity contribution < 1.29 is 0 Å². The summed E-state index contributed by atoms with van der Waals surface area (Å²) in [5.74, 6) is 0. The van der Waals surface area contributed by atoms with Crippen LogP contribution in [0.3, 0.4) is 0 Å². The largest absolute Gasteiger partial charge is 0.398 e. The molecule has 0 aromatic heterocycles. The van der Waals surface area contributed by atoms with Crippen molar-refractivity contribution in [2.24, 2.45) is 0 Å². The van der Waals surface area contributed by atoms with Gasteiger partial charge in [-0.3, -0.25) is 0 Å². The number of aryl methyl sites for hydroxylation is 1. The van der Waals surface area contributed by atoms with Crippen molar-refractivity contribution in [3.8, 4) is 0 Å². The molecule has 0 radical (unpaired) electrons. The molecule has 0 spiro atoms. The zero-order chi connectivity index (χ0) is 10.3. The fraction of sp³-hybridized carbons (Fsp3) is 0.231. The minimum Gasteiger partial charge on any atom is -0.398 e. The van der Waals surface area contributed by atoms with E-state index in [1.807, 2.05) is 6.07 Å². The minimum absolute atomic E-state index is 0.920. The normalized spacial score (nSPS) is 10.8. The second kappa shape index (κ2) is 3.02. The maximum Gasteiger partial charge on any atom is 0.0426 e. The van der Waals surface area contributed by atoms with Gasteiger partial charge in [-0.05, 0) is 42.8 Å². The summed E-state index contributed by atoms with van der Waals surface area (Å²) < 4.78 is 0. The first-order valence-corrected chi connectivity index (χ1v) is 4.87. The van der Waals surface area contributed by atoms with Crippen LogP contribution in [0.15, 0.2) is 24.3 Å². The van der Waals surface area contributed by atoms with Gasteiger partial charge in [0, 0.05) is 11.1 Å². The Morgan fingerprint density at radius 2 is 1.36 bits per heavy atom. The van der Waals surface area contributed by atoms with Gasteiger partial charge in [-0.1, -0.05) is 24.3 Å². The van der Waals surface area contributed by atoms with Crippen LogP contribution in [-0.4, -0.2) is 0 Å². The third-order valence-corrected chi connectivity index (χ3v) is 3.15. The number of nitrogens with two attached hydrogens (primary N) is 1. The summed E-state index contributed by atoms with van der Waals surface area (Å²) in [7, 11) is 0. The topological polar surface area (TPSA) is 26.0 Å².